The van der Waals surface area contributed by atoms with Crippen molar-refractivity contribution in [2.24, 2.45) is 0 Å². The van der Waals surface area contributed by atoms with E-state index >= 15 is 0 Å². The molecule has 5 heteroatoms. The molecule has 1 heterocycles. The van der Waals surface area contributed by atoms with Gasteiger partial charge in [-0.05, 0) is 64.1 Å². The van der Waals surface area contributed by atoms with Crippen molar-refractivity contribution in [3.8, 4) is 5.75 Å². The van der Waals surface area contributed by atoms with Crippen molar-refractivity contribution in [1.82, 2.24) is 4.37 Å². The smallest absolute Gasteiger partial charge is 0.147 e. The molecule has 6 rings (SSSR count). The van der Waals surface area contributed by atoms with Crippen molar-refractivity contribution in [2.75, 3.05) is 10.2 Å². The lowest BCUT2D eigenvalue weighted by Gasteiger charge is -2.25. The zero-order valence-corrected chi connectivity index (χ0v) is 23.1. The van der Waals surface area contributed by atoms with Gasteiger partial charge in [-0.15, -0.1) is 0 Å². The molecule has 198 valence electrons. The Kier molecular flexibility index (Phi) is 8.02. The van der Waals surface area contributed by atoms with Gasteiger partial charge in [-0.25, -0.2) is 0 Å². The highest BCUT2D eigenvalue weighted by Crippen LogP contribution is 2.31. The first-order valence-corrected chi connectivity index (χ1v) is 14.3. The van der Waals surface area contributed by atoms with E-state index in [0.29, 0.717) is 13.2 Å². The molecule has 0 amide bonds. The summed E-state index contributed by atoms with van der Waals surface area (Å²) in [6, 6.07) is 46.5. The van der Waals surface area contributed by atoms with E-state index in [1.54, 1.807) is 0 Å². The van der Waals surface area contributed by atoms with Gasteiger partial charge in [0.1, 0.15) is 18.2 Å². The number of ether oxygens (including phenoxy) is 1. The summed E-state index contributed by atoms with van der Waals surface area (Å²) in [5, 5.41) is 4.63. The van der Waals surface area contributed by atoms with Crippen LogP contribution >= 0.6 is 11.5 Å². The van der Waals surface area contributed by atoms with Crippen LogP contribution in [0.25, 0.3) is 10.1 Å². The fraction of sp³-hybridized carbons (Fsp3) is 0.114. The molecular weight excluding hydrogens is 510 g/mol. The van der Waals surface area contributed by atoms with Crippen LogP contribution in [0.5, 0.6) is 5.75 Å². The standard InChI is InChI=1S/C35H31N3OS/c1-4-10-28(11-5-1)24-38(25-29-12-6-2-7-13-29)31-18-16-27(17-19-31)23-36-35-33-22-32(20-21-34(33)40-37-35)39-26-30-14-8-3-9-15-30/h1-22H,23-26H2,(H,36,37). The first kappa shape index (κ1) is 25.7. The molecule has 0 bridgehead atoms. The normalized spacial score (nSPS) is 10.9. The second-order valence-electron chi connectivity index (χ2n) is 9.81. The van der Waals surface area contributed by atoms with E-state index in [0.717, 1.165) is 40.3 Å². The molecule has 0 radical (unpaired) electrons. The van der Waals surface area contributed by atoms with Crippen molar-refractivity contribution < 1.29 is 4.74 Å². The molecule has 1 aromatic heterocycles. The number of fused-ring (bicyclic) bond motifs is 1. The summed E-state index contributed by atoms with van der Waals surface area (Å²) in [5.74, 6) is 1.74. The predicted molar refractivity (Wildman–Crippen MR) is 167 cm³/mol. The molecule has 0 saturated carbocycles. The van der Waals surface area contributed by atoms with Gasteiger partial charge in [0.15, 0.2) is 0 Å². The van der Waals surface area contributed by atoms with Gasteiger partial charge >= 0.3 is 0 Å². The summed E-state index contributed by atoms with van der Waals surface area (Å²) < 4.78 is 11.9. The molecule has 6 aromatic rings. The van der Waals surface area contributed by atoms with Gasteiger partial charge < -0.3 is 15.0 Å². The minimum absolute atomic E-state index is 0.546. The molecule has 0 aliphatic heterocycles. The lowest BCUT2D eigenvalue weighted by atomic mass is 10.1. The van der Waals surface area contributed by atoms with E-state index in [1.165, 1.54) is 33.9 Å². The predicted octanol–water partition coefficient (Wildman–Crippen LogP) is 8.69. The number of benzene rings is 5. The summed E-state index contributed by atoms with van der Waals surface area (Å²) in [4.78, 5) is 2.42. The van der Waals surface area contributed by atoms with Gasteiger partial charge in [-0.2, -0.15) is 4.37 Å². The molecule has 0 fully saturated rings. The van der Waals surface area contributed by atoms with Crippen LogP contribution < -0.4 is 15.0 Å². The minimum atomic E-state index is 0.546. The van der Waals surface area contributed by atoms with E-state index in [1.807, 2.05) is 24.3 Å². The van der Waals surface area contributed by atoms with Crippen molar-refractivity contribution in [3.63, 3.8) is 0 Å². The first-order chi connectivity index (χ1) is 19.8. The van der Waals surface area contributed by atoms with Crippen LogP contribution in [0.4, 0.5) is 11.5 Å². The van der Waals surface area contributed by atoms with Crippen LogP contribution in [-0.4, -0.2) is 4.37 Å². The van der Waals surface area contributed by atoms with Gasteiger partial charge in [0, 0.05) is 30.7 Å². The molecule has 1 N–H and O–H groups in total. The van der Waals surface area contributed by atoms with E-state index < -0.39 is 0 Å². The quantitative estimate of drug-likeness (QED) is 0.178. The number of nitrogens with one attached hydrogen (secondary N) is 1. The third-order valence-electron chi connectivity index (χ3n) is 6.88. The highest BCUT2D eigenvalue weighted by Gasteiger charge is 2.11. The largest absolute Gasteiger partial charge is 0.489 e. The second-order valence-corrected chi connectivity index (χ2v) is 10.6. The molecule has 4 nitrogen and oxygen atoms in total. The third kappa shape index (κ3) is 6.50. The minimum Gasteiger partial charge on any atom is -0.489 e. The summed E-state index contributed by atoms with van der Waals surface area (Å²) in [6.45, 7) is 2.95. The van der Waals surface area contributed by atoms with Crippen molar-refractivity contribution in [3.05, 3.63) is 156 Å². The third-order valence-corrected chi connectivity index (χ3v) is 7.71. The molecule has 0 atom stereocenters. The van der Waals surface area contributed by atoms with Crippen molar-refractivity contribution >= 4 is 33.1 Å². The SMILES string of the molecule is c1ccc(COc2ccc3snc(NCc4ccc(N(Cc5ccccc5)Cc5ccccc5)cc4)c3c2)cc1. The molecule has 0 aliphatic rings. The number of aromatic nitrogens is 1. The van der Waals surface area contributed by atoms with Gasteiger partial charge in [-0.3, -0.25) is 0 Å². The maximum absolute atomic E-state index is 6.05. The number of hydrogen-bond donors (Lipinski definition) is 1. The Morgan fingerprint density at radius 2 is 1.23 bits per heavy atom. The van der Waals surface area contributed by atoms with Crippen LogP contribution in [-0.2, 0) is 26.2 Å². The average Bonchev–Trinajstić information content (AvgIpc) is 3.43. The maximum Gasteiger partial charge on any atom is 0.147 e. The lowest BCUT2D eigenvalue weighted by molar-refractivity contribution is 0.306. The summed E-state index contributed by atoms with van der Waals surface area (Å²) >= 11 is 1.51. The number of nitrogens with zero attached hydrogens (tertiary/aromatic N) is 2. The van der Waals surface area contributed by atoms with Gasteiger partial charge in [0.2, 0.25) is 0 Å². The van der Waals surface area contributed by atoms with Crippen LogP contribution in [0.3, 0.4) is 0 Å². The molecule has 40 heavy (non-hydrogen) atoms. The Hall–Kier alpha value is -4.61. The average molecular weight is 542 g/mol. The first-order valence-electron chi connectivity index (χ1n) is 13.5. The maximum atomic E-state index is 6.05. The zero-order valence-electron chi connectivity index (χ0n) is 22.2. The molecule has 0 aliphatic carbocycles. The van der Waals surface area contributed by atoms with Crippen LogP contribution in [0.2, 0.25) is 0 Å². The van der Waals surface area contributed by atoms with Crippen LogP contribution in [0.15, 0.2) is 133 Å². The second kappa shape index (κ2) is 12.5. The molecular formula is C35H31N3OS. The van der Waals surface area contributed by atoms with E-state index in [9.17, 15) is 0 Å². The molecule has 0 spiro atoms. The van der Waals surface area contributed by atoms with Crippen LogP contribution in [0.1, 0.15) is 22.3 Å². The summed E-state index contributed by atoms with van der Waals surface area (Å²) in [6.07, 6.45) is 0. The Labute approximate surface area is 239 Å². The Morgan fingerprint density at radius 3 is 1.85 bits per heavy atom. The Balaban J connectivity index is 1.13. The van der Waals surface area contributed by atoms with Crippen molar-refractivity contribution in [2.45, 2.75) is 26.2 Å². The van der Waals surface area contributed by atoms with Crippen LogP contribution in [0, 0.1) is 0 Å². The van der Waals surface area contributed by atoms with E-state index in [-0.39, 0.29) is 0 Å². The fourth-order valence-electron chi connectivity index (χ4n) is 4.73. The summed E-state index contributed by atoms with van der Waals surface area (Å²) in [7, 11) is 0. The monoisotopic (exact) mass is 541 g/mol. The van der Waals surface area contributed by atoms with E-state index in [4.69, 9.17) is 4.74 Å². The topological polar surface area (TPSA) is 37.4 Å². The molecule has 0 saturated heterocycles. The zero-order chi connectivity index (χ0) is 27.0. The number of rotatable bonds is 11. The number of hydrogen-bond acceptors (Lipinski definition) is 5. The highest BCUT2D eigenvalue weighted by molar-refractivity contribution is 7.13. The van der Waals surface area contributed by atoms with Gasteiger partial charge in [-0.1, -0.05) is 103 Å². The lowest BCUT2D eigenvalue weighted by Crippen LogP contribution is -2.22. The Bertz CT molecular complexity index is 1590. The molecule has 5 aromatic carbocycles. The van der Waals surface area contributed by atoms with E-state index in [2.05, 4.69) is 124 Å². The summed E-state index contributed by atoms with van der Waals surface area (Å²) in [5.41, 5.74) is 6.16. The molecule has 0 unspecified atom stereocenters. The van der Waals surface area contributed by atoms with Gasteiger partial charge in [0.25, 0.3) is 0 Å². The Morgan fingerprint density at radius 1 is 0.625 bits per heavy atom. The van der Waals surface area contributed by atoms with Crippen molar-refractivity contribution in [1.29, 1.82) is 0 Å². The number of anilines is 2. The van der Waals surface area contributed by atoms with Gasteiger partial charge in [0.05, 0.1) is 4.70 Å². The fourth-order valence-corrected chi connectivity index (χ4v) is 5.47. The highest BCUT2D eigenvalue weighted by atomic mass is 32.1.